The van der Waals surface area contributed by atoms with E-state index in [0.29, 0.717) is 17.4 Å². The molecular weight excluding hydrogens is 202 g/mol. The van der Waals surface area contributed by atoms with Gasteiger partial charge < -0.3 is 4.90 Å². The molecule has 0 unspecified atom stereocenters. The zero-order valence-electron chi connectivity index (χ0n) is 8.12. The highest BCUT2D eigenvalue weighted by Crippen LogP contribution is 2.17. The highest BCUT2D eigenvalue weighted by molar-refractivity contribution is 6.33. The van der Waals surface area contributed by atoms with Crippen LogP contribution in [-0.2, 0) is 0 Å². The number of pyridine rings is 1. The lowest BCUT2D eigenvalue weighted by Crippen LogP contribution is -2.31. The second kappa shape index (κ2) is 4.81. The third kappa shape index (κ3) is 2.60. The molecule has 4 nitrogen and oxygen atoms in total. The van der Waals surface area contributed by atoms with Gasteiger partial charge in [-0.05, 0) is 19.1 Å². The Bertz CT molecular complexity index is 330. The SMILES string of the molecule is CCN(C)C(=O)Nc1ncccc1Cl. The average molecular weight is 214 g/mol. The number of hydrogen-bond acceptors (Lipinski definition) is 2. The van der Waals surface area contributed by atoms with Gasteiger partial charge in [0.1, 0.15) is 0 Å². The highest BCUT2D eigenvalue weighted by atomic mass is 35.5. The van der Waals surface area contributed by atoms with E-state index in [1.165, 1.54) is 4.90 Å². The Morgan fingerprint density at radius 3 is 3.00 bits per heavy atom. The summed E-state index contributed by atoms with van der Waals surface area (Å²) in [5.74, 6) is 0.388. The van der Waals surface area contributed by atoms with Crippen molar-refractivity contribution in [1.82, 2.24) is 9.88 Å². The van der Waals surface area contributed by atoms with Crippen LogP contribution in [0.1, 0.15) is 6.92 Å². The minimum atomic E-state index is -0.215. The van der Waals surface area contributed by atoms with E-state index in [1.807, 2.05) is 6.92 Å². The topological polar surface area (TPSA) is 45.2 Å². The number of nitrogens with one attached hydrogen (secondary N) is 1. The maximum atomic E-state index is 11.4. The zero-order valence-corrected chi connectivity index (χ0v) is 8.88. The number of anilines is 1. The number of halogens is 1. The summed E-state index contributed by atoms with van der Waals surface area (Å²) in [5, 5.41) is 3.04. The number of carbonyl (C=O) groups excluding carboxylic acids is 1. The summed E-state index contributed by atoms with van der Waals surface area (Å²) in [4.78, 5) is 16.9. The Kier molecular flexibility index (Phi) is 3.71. The van der Waals surface area contributed by atoms with E-state index in [4.69, 9.17) is 11.6 Å². The van der Waals surface area contributed by atoms with Crippen molar-refractivity contribution < 1.29 is 4.79 Å². The van der Waals surface area contributed by atoms with Crippen LogP contribution in [0.3, 0.4) is 0 Å². The van der Waals surface area contributed by atoms with Crippen molar-refractivity contribution in [3.8, 4) is 0 Å². The van der Waals surface area contributed by atoms with Crippen LogP contribution in [0.4, 0.5) is 10.6 Å². The van der Waals surface area contributed by atoms with Crippen molar-refractivity contribution in [2.75, 3.05) is 18.9 Å². The quantitative estimate of drug-likeness (QED) is 0.819. The van der Waals surface area contributed by atoms with E-state index in [2.05, 4.69) is 10.3 Å². The second-order valence-corrected chi connectivity index (χ2v) is 3.19. The van der Waals surface area contributed by atoms with Gasteiger partial charge in [-0.15, -0.1) is 0 Å². The summed E-state index contributed by atoms with van der Waals surface area (Å²) >= 11 is 5.82. The molecule has 0 spiro atoms. The van der Waals surface area contributed by atoms with E-state index in [9.17, 15) is 4.79 Å². The van der Waals surface area contributed by atoms with Crippen LogP contribution in [0.5, 0.6) is 0 Å². The van der Waals surface area contributed by atoms with Gasteiger partial charge in [-0.2, -0.15) is 0 Å². The lowest BCUT2D eigenvalue weighted by atomic mass is 10.4. The lowest BCUT2D eigenvalue weighted by molar-refractivity contribution is 0.224. The molecule has 1 rings (SSSR count). The van der Waals surface area contributed by atoms with Crippen LogP contribution < -0.4 is 5.32 Å². The summed E-state index contributed by atoms with van der Waals surface area (Å²) in [6.45, 7) is 2.52. The molecule has 14 heavy (non-hydrogen) atoms. The molecule has 1 aromatic rings. The van der Waals surface area contributed by atoms with Crippen molar-refractivity contribution in [2.45, 2.75) is 6.92 Å². The third-order valence-corrected chi connectivity index (χ3v) is 2.11. The number of rotatable bonds is 2. The molecule has 0 fully saturated rings. The molecule has 0 aliphatic carbocycles. The fourth-order valence-corrected chi connectivity index (χ4v) is 0.987. The van der Waals surface area contributed by atoms with Crippen molar-refractivity contribution in [3.05, 3.63) is 23.4 Å². The molecule has 0 aliphatic heterocycles. The maximum absolute atomic E-state index is 11.4. The molecule has 0 bridgehead atoms. The van der Waals surface area contributed by atoms with E-state index in [-0.39, 0.29) is 6.03 Å². The maximum Gasteiger partial charge on any atom is 0.322 e. The van der Waals surface area contributed by atoms with Crippen LogP contribution in [0, 0.1) is 0 Å². The Balaban J connectivity index is 2.70. The predicted molar refractivity (Wildman–Crippen MR) is 56.6 cm³/mol. The number of amides is 2. The number of urea groups is 1. The Morgan fingerprint density at radius 1 is 1.71 bits per heavy atom. The summed E-state index contributed by atoms with van der Waals surface area (Å²) < 4.78 is 0. The lowest BCUT2D eigenvalue weighted by Gasteiger charge is -2.15. The van der Waals surface area contributed by atoms with Gasteiger partial charge in [0.05, 0.1) is 5.02 Å². The molecule has 2 amide bonds. The smallest absolute Gasteiger partial charge is 0.322 e. The van der Waals surface area contributed by atoms with Gasteiger partial charge in [0, 0.05) is 19.8 Å². The zero-order chi connectivity index (χ0) is 10.6. The molecule has 5 heteroatoms. The van der Waals surface area contributed by atoms with Crippen LogP contribution in [-0.4, -0.2) is 29.5 Å². The normalized spacial score (nSPS) is 9.64. The molecule has 0 saturated heterocycles. The molecule has 0 aliphatic rings. The van der Waals surface area contributed by atoms with Crippen molar-refractivity contribution in [1.29, 1.82) is 0 Å². The molecule has 0 radical (unpaired) electrons. The van der Waals surface area contributed by atoms with Crippen LogP contribution in [0.15, 0.2) is 18.3 Å². The van der Waals surface area contributed by atoms with Gasteiger partial charge in [-0.3, -0.25) is 5.32 Å². The Morgan fingerprint density at radius 2 is 2.43 bits per heavy atom. The van der Waals surface area contributed by atoms with Gasteiger partial charge in [0.25, 0.3) is 0 Å². The molecule has 1 aromatic heterocycles. The Labute approximate surface area is 87.9 Å². The molecule has 1 N–H and O–H groups in total. The first kappa shape index (κ1) is 10.8. The van der Waals surface area contributed by atoms with E-state index in [0.717, 1.165) is 0 Å². The summed E-state index contributed by atoms with van der Waals surface area (Å²) in [5.41, 5.74) is 0. The Hall–Kier alpha value is -1.29. The highest BCUT2D eigenvalue weighted by Gasteiger charge is 2.08. The largest absolute Gasteiger partial charge is 0.328 e. The van der Waals surface area contributed by atoms with Crippen molar-refractivity contribution >= 4 is 23.4 Å². The first-order valence-corrected chi connectivity index (χ1v) is 4.65. The number of hydrogen-bond donors (Lipinski definition) is 1. The van der Waals surface area contributed by atoms with Crippen LogP contribution in [0.25, 0.3) is 0 Å². The van der Waals surface area contributed by atoms with Gasteiger partial charge in [0.2, 0.25) is 0 Å². The van der Waals surface area contributed by atoms with Gasteiger partial charge in [-0.1, -0.05) is 11.6 Å². The molecular formula is C9H12ClN3O. The number of aromatic nitrogens is 1. The summed E-state index contributed by atoms with van der Waals surface area (Å²) in [6, 6.07) is 3.17. The summed E-state index contributed by atoms with van der Waals surface area (Å²) in [6.07, 6.45) is 1.58. The predicted octanol–water partition coefficient (Wildman–Crippen LogP) is 2.22. The van der Waals surface area contributed by atoms with Gasteiger partial charge in [0.15, 0.2) is 5.82 Å². The fourth-order valence-electron chi connectivity index (χ4n) is 0.818. The monoisotopic (exact) mass is 213 g/mol. The average Bonchev–Trinajstić information content (AvgIpc) is 2.20. The van der Waals surface area contributed by atoms with Gasteiger partial charge in [-0.25, -0.2) is 9.78 Å². The molecule has 76 valence electrons. The molecule has 0 aromatic carbocycles. The number of carbonyl (C=O) groups is 1. The van der Waals surface area contributed by atoms with Crippen LogP contribution >= 0.6 is 11.6 Å². The fraction of sp³-hybridized carbons (Fsp3) is 0.333. The van der Waals surface area contributed by atoms with Gasteiger partial charge >= 0.3 is 6.03 Å². The van der Waals surface area contributed by atoms with E-state index >= 15 is 0 Å². The first-order chi connectivity index (χ1) is 6.65. The second-order valence-electron chi connectivity index (χ2n) is 2.78. The number of nitrogens with zero attached hydrogens (tertiary/aromatic N) is 2. The van der Waals surface area contributed by atoms with E-state index in [1.54, 1.807) is 25.4 Å². The molecule has 0 atom stereocenters. The standard InChI is InChI=1S/C9H12ClN3O/c1-3-13(2)9(14)12-8-7(10)5-4-6-11-8/h4-6H,3H2,1-2H3,(H,11,12,14). The van der Waals surface area contributed by atoms with E-state index < -0.39 is 0 Å². The molecule has 0 saturated carbocycles. The van der Waals surface area contributed by atoms with Crippen molar-refractivity contribution in [2.24, 2.45) is 0 Å². The van der Waals surface area contributed by atoms with Crippen molar-refractivity contribution in [3.63, 3.8) is 0 Å². The minimum absolute atomic E-state index is 0.215. The summed E-state index contributed by atoms with van der Waals surface area (Å²) in [7, 11) is 1.70. The minimum Gasteiger partial charge on any atom is -0.328 e. The first-order valence-electron chi connectivity index (χ1n) is 4.27. The molecule has 1 heterocycles. The van der Waals surface area contributed by atoms with Crippen LogP contribution in [0.2, 0.25) is 5.02 Å². The third-order valence-electron chi connectivity index (χ3n) is 1.80.